The molecule has 0 radical (unpaired) electrons. The van der Waals surface area contributed by atoms with Gasteiger partial charge in [0.2, 0.25) is 0 Å². The van der Waals surface area contributed by atoms with Crippen LogP contribution in [-0.2, 0) is 9.59 Å². The number of ketones is 1. The first-order chi connectivity index (χ1) is 5.11. The summed E-state index contributed by atoms with van der Waals surface area (Å²) in [5, 5.41) is 8.22. The highest BCUT2D eigenvalue weighted by atomic mass is 16.4. The molecule has 0 amide bonds. The quantitative estimate of drug-likeness (QED) is 0.427. The van der Waals surface area contributed by atoms with Crippen LogP contribution >= 0.6 is 0 Å². The van der Waals surface area contributed by atoms with E-state index in [1.165, 1.54) is 0 Å². The van der Waals surface area contributed by atoms with E-state index in [0.29, 0.717) is 0 Å². The molecule has 5 nitrogen and oxygen atoms in total. The van der Waals surface area contributed by atoms with Gasteiger partial charge in [0, 0.05) is 19.0 Å². The third kappa shape index (κ3) is 3.69. The molecule has 0 saturated heterocycles. The van der Waals surface area contributed by atoms with Crippen molar-refractivity contribution in [3.63, 3.8) is 0 Å². The fraction of sp³-hybridized carbons (Fsp3) is 0.667. The minimum atomic E-state index is -1.14. The Bertz CT molecular complexity index is 154. The lowest BCUT2D eigenvalue weighted by molar-refractivity contribution is -0.141. The Hall–Kier alpha value is -0.940. The van der Waals surface area contributed by atoms with Crippen LogP contribution in [0, 0.1) is 5.92 Å². The predicted molar refractivity (Wildman–Crippen MR) is 38.9 cm³/mol. The van der Waals surface area contributed by atoms with Crippen molar-refractivity contribution in [1.82, 2.24) is 0 Å². The first-order valence-electron chi connectivity index (χ1n) is 3.26. The molecule has 0 saturated carbocycles. The average molecular weight is 160 g/mol. The second kappa shape index (κ2) is 4.81. The third-order valence-corrected chi connectivity index (χ3v) is 1.35. The van der Waals surface area contributed by atoms with Gasteiger partial charge in [-0.05, 0) is 0 Å². The highest BCUT2D eigenvalue weighted by Gasteiger charge is 2.17. The first-order valence-corrected chi connectivity index (χ1v) is 3.26. The minimum Gasteiger partial charge on any atom is -0.481 e. The predicted octanol–water partition coefficient (Wildman–Crippen LogP) is -1.44. The van der Waals surface area contributed by atoms with E-state index in [4.69, 9.17) is 16.6 Å². The molecule has 0 atom stereocenters. The van der Waals surface area contributed by atoms with Crippen molar-refractivity contribution in [3.8, 4) is 0 Å². The van der Waals surface area contributed by atoms with E-state index < -0.39 is 24.1 Å². The number of carbonyl (C=O) groups is 2. The summed E-state index contributed by atoms with van der Waals surface area (Å²) >= 11 is 0. The number of carboxylic acid groups (broad SMARTS) is 1. The van der Waals surface area contributed by atoms with Crippen LogP contribution in [0.25, 0.3) is 0 Å². The van der Waals surface area contributed by atoms with E-state index in [1.807, 2.05) is 0 Å². The topological polar surface area (TPSA) is 106 Å². The maximum Gasteiger partial charge on any atom is 0.310 e. The van der Waals surface area contributed by atoms with Gasteiger partial charge in [-0.3, -0.25) is 9.59 Å². The summed E-state index contributed by atoms with van der Waals surface area (Å²) in [7, 11) is 0. The molecule has 0 heterocycles. The Labute approximate surface area is 64.4 Å². The second-order valence-electron chi connectivity index (χ2n) is 2.21. The maximum absolute atomic E-state index is 10.9. The zero-order valence-corrected chi connectivity index (χ0v) is 6.12. The zero-order chi connectivity index (χ0) is 8.85. The fourth-order valence-electron chi connectivity index (χ4n) is 0.653. The standard InChI is InChI=1S/C6H12N2O3/c7-2-4(3-8)5(9)1-6(10)11/h4H,1-3,7-8H2,(H,10,11). The molecule has 0 fully saturated rings. The minimum absolute atomic E-state index is 0.114. The van der Waals surface area contributed by atoms with Crippen molar-refractivity contribution >= 4 is 11.8 Å². The number of nitrogens with two attached hydrogens (primary N) is 2. The van der Waals surface area contributed by atoms with Crippen LogP contribution in [0.3, 0.4) is 0 Å². The van der Waals surface area contributed by atoms with Crippen molar-refractivity contribution in [2.75, 3.05) is 13.1 Å². The van der Waals surface area contributed by atoms with Crippen molar-refractivity contribution in [2.24, 2.45) is 17.4 Å². The smallest absolute Gasteiger partial charge is 0.310 e. The molecule has 0 aliphatic heterocycles. The van der Waals surface area contributed by atoms with Gasteiger partial charge in [-0.25, -0.2) is 0 Å². The molecule has 0 aromatic heterocycles. The number of hydrogen-bond donors (Lipinski definition) is 3. The van der Waals surface area contributed by atoms with Gasteiger partial charge in [0.1, 0.15) is 12.2 Å². The molecule has 0 unspecified atom stereocenters. The summed E-state index contributed by atoms with van der Waals surface area (Å²) in [6.45, 7) is 0.227. The Morgan fingerprint density at radius 1 is 1.27 bits per heavy atom. The molecule has 5 heteroatoms. The van der Waals surface area contributed by atoms with Gasteiger partial charge in [-0.15, -0.1) is 0 Å². The molecule has 64 valence electrons. The second-order valence-corrected chi connectivity index (χ2v) is 2.21. The normalized spacial score (nSPS) is 10.1. The van der Waals surface area contributed by atoms with E-state index in [-0.39, 0.29) is 13.1 Å². The van der Waals surface area contributed by atoms with E-state index >= 15 is 0 Å². The molecular weight excluding hydrogens is 148 g/mol. The average Bonchev–Trinajstić information content (AvgIpc) is 1.88. The first kappa shape index (κ1) is 10.1. The number of rotatable bonds is 5. The number of carbonyl (C=O) groups excluding carboxylic acids is 1. The SMILES string of the molecule is NCC(CN)C(=O)CC(=O)O. The molecule has 0 spiro atoms. The Morgan fingerprint density at radius 3 is 2.00 bits per heavy atom. The fourth-order valence-corrected chi connectivity index (χ4v) is 0.653. The molecule has 11 heavy (non-hydrogen) atoms. The number of Topliss-reactive ketones (excluding diaryl/α,β-unsaturated/α-hetero) is 1. The van der Waals surface area contributed by atoms with Gasteiger partial charge in [0.15, 0.2) is 0 Å². The van der Waals surface area contributed by atoms with Crippen LogP contribution in [0.2, 0.25) is 0 Å². The Kier molecular flexibility index (Phi) is 4.40. The summed E-state index contributed by atoms with van der Waals surface area (Å²) in [6, 6.07) is 0. The summed E-state index contributed by atoms with van der Waals surface area (Å²) < 4.78 is 0. The molecule has 0 aliphatic carbocycles. The van der Waals surface area contributed by atoms with Crippen LogP contribution in [-0.4, -0.2) is 29.9 Å². The van der Waals surface area contributed by atoms with Crippen LogP contribution in [0.5, 0.6) is 0 Å². The van der Waals surface area contributed by atoms with Crippen LogP contribution < -0.4 is 11.5 Å². The number of carboxylic acids is 1. The van der Waals surface area contributed by atoms with Gasteiger partial charge in [0.05, 0.1) is 0 Å². The summed E-state index contributed by atoms with van der Waals surface area (Å²) in [6.07, 6.45) is -0.487. The zero-order valence-electron chi connectivity index (χ0n) is 6.12. The Balaban J connectivity index is 3.89. The summed E-state index contributed by atoms with van der Waals surface area (Å²) in [5.41, 5.74) is 10.3. The van der Waals surface area contributed by atoms with Crippen molar-refractivity contribution in [2.45, 2.75) is 6.42 Å². The molecule has 0 rings (SSSR count). The lowest BCUT2D eigenvalue weighted by atomic mass is 10.0. The lowest BCUT2D eigenvalue weighted by Crippen LogP contribution is -2.31. The van der Waals surface area contributed by atoms with Gasteiger partial charge in [-0.2, -0.15) is 0 Å². The van der Waals surface area contributed by atoms with E-state index in [2.05, 4.69) is 0 Å². The molecule has 5 N–H and O–H groups in total. The van der Waals surface area contributed by atoms with E-state index in [1.54, 1.807) is 0 Å². The van der Waals surface area contributed by atoms with E-state index in [9.17, 15) is 9.59 Å². The van der Waals surface area contributed by atoms with Crippen LogP contribution in [0.15, 0.2) is 0 Å². The van der Waals surface area contributed by atoms with Crippen molar-refractivity contribution in [1.29, 1.82) is 0 Å². The molecule has 0 bridgehead atoms. The van der Waals surface area contributed by atoms with Crippen molar-refractivity contribution in [3.05, 3.63) is 0 Å². The molecule has 0 aliphatic rings. The highest BCUT2D eigenvalue weighted by molar-refractivity contribution is 5.96. The third-order valence-electron chi connectivity index (χ3n) is 1.35. The Morgan fingerprint density at radius 2 is 1.73 bits per heavy atom. The summed E-state index contributed by atoms with van der Waals surface area (Å²) in [4.78, 5) is 20.9. The van der Waals surface area contributed by atoms with E-state index in [0.717, 1.165) is 0 Å². The molecule has 0 aromatic carbocycles. The largest absolute Gasteiger partial charge is 0.481 e. The van der Waals surface area contributed by atoms with Crippen LogP contribution in [0.4, 0.5) is 0 Å². The van der Waals surface area contributed by atoms with Gasteiger partial charge in [0.25, 0.3) is 0 Å². The van der Waals surface area contributed by atoms with Crippen LogP contribution in [0.1, 0.15) is 6.42 Å². The maximum atomic E-state index is 10.9. The highest BCUT2D eigenvalue weighted by Crippen LogP contribution is 1.97. The number of hydrogen-bond acceptors (Lipinski definition) is 4. The van der Waals surface area contributed by atoms with Gasteiger partial charge < -0.3 is 16.6 Å². The lowest BCUT2D eigenvalue weighted by Gasteiger charge is -2.07. The van der Waals surface area contributed by atoms with Crippen molar-refractivity contribution < 1.29 is 14.7 Å². The van der Waals surface area contributed by atoms with Gasteiger partial charge >= 0.3 is 5.97 Å². The monoisotopic (exact) mass is 160 g/mol. The number of aliphatic carboxylic acids is 1. The molecular formula is C6H12N2O3. The molecule has 0 aromatic rings. The summed E-state index contributed by atoms with van der Waals surface area (Å²) in [5.74, 6) is -2.05. The van der Waals surface area contributed by atoms with Gasteiger partial charge in [-0.1, -0.05) is 0 Å².